The molecule has 0 saturated carbocycles. The molecule has 0 aliphatic carbocycles. The number of hydrogen-bond donors (Lipinski definition) is 0. The lowest BCUT2D eigenvalue weighted by atomic mass is 9.78. The van der Waals surface area contributed by atoms with Gasteiger partial charge in [0.1, 0.15) is 5.82 Å². The molecular formula is C14H19FO. The van der Waals surface area contributed by atoms with Gasteiger partial charge in [0.2, 0.25) is 0 Å². The van der Waals surface area contributed by atoms with Crippen LogP contribution in [0.3, 0.4) is 0 Å². The number of Topliss-reactive ketones (excluding diaryl/α,β-unsaturated/α-hetero) is 1. The molecule has 0 radical (unpaired) electrons. The topological polar surface area (TPSA) is 17.1 Å². The molecule has 0 N–H and O–H groups in total. The van der Waals surface area contributed by atoms with Crippen LogP contribution in [0.15, 0.2) is 24.3 Å². The van der Waals surface area contributed by atoms with Crippen LogP contribution in [0.25, 0.3) is 0 Å². The van der Waals surface area contributed by atoms with Gasteiger partial charge in [0.05, 0.1) is 0 Å². The Labute approximate surface area is 96.7 Å². The van der Waals surface area contributed by atoms with E-state index in [-0.39, 0.29) is 22.9 Å². The van der Waals surface area contributed by atoms with Gasteiger partial charge in [-0.1, -0.05) is 39.8 Å². The van der Waals surface area contributed by atoms with Gasteiger partial charge in [0.15, 0.2) is 5.78 Å². The van der Waals surface area contributed by atoms with E-state index in [1.165, 1.54) is 12.1 Å². The van der Waals surface area contributed by atoms with Gasteiger partial charge < -0.3 is 0 Å². The Morgan fingerprint density at radius 1 is 1.38 bits per heavy atom. The summed E-state index contributed by atoms with van der Waals surface area (Å²) in [6.45, 7) is 8.38. The lowest BCUT2D eigenvalue weighted by Gasteiger charge is -2.26. The van der Waals surface area contributed by atoms with Crippen LogP contribution in [0.2, 0.25) is 0 Å². The van der Waals surface area contributed by atoms with Gasteiger partial charge in [0, 0.05) is 12.0 Å². The summed E-state index contributed by atoms with van der Waals surface area (Å²) in [5, 5.41) is 0. The van der Waals surface area contributed by atoms with Crippen molar-refractivity contribution < 1.29 is 9.18 Å². The number of halogens is 1. The molecule has 1 atom stereocenters. The molecule has 0 aliphatic rings. The van der Waals surface area contributed by atoms with Crippen molar-refractivity contribution >= 4 is 5.78 Å². The third-order valence-corrected chi connectivity index (χ3v) is 3.12. The number of ketones is 1. The zero-order valence-electron chi connectivity index (χ0n) is 10.4. The van der Waals surface area contributed by atoms with Crippen LogP contribution in [0.4, 0.5) is 4.39 Å². The van der Waals surface area contributed by atoms with Crippen LogP contribution in [0.1, 0.15) is 44.5 Å². The summed E-state index contributed by atoms with van der Waals surface area (Å²) in [7, 11) is 0. The second kappa shape index (κ2) is 4.77. The van der Waals surface area contributed by atoms with Crippen LogP contribution >= 0.6 is 0 Å². The summed E-state index contributed by atoms with van der Waals surface area (Å²) in [6, 6.07) is 5.90. The van der Waals surface area contributed by atoms with Crippen molar-refractivity contribution in [1.29, 1.82) is 0 Å². The maximum Gasteiger partial charge on any atom is 0.163 e. The molecule has 88 valence electrons. The monoisotopic (exact) mass is 222 g/mol. The standard InChI is InChI=1S/C14H19FO/c1-10(14(2,3)4)8-13(16)11-6-5-7-12(15)9-11/h5-7,9-10H,8H2,1-4H3. The summed E-state index contributed by atoms with van der Waals surface area (Å²) >= 11 is 0. The third kappa shape index (κ3) is 3.44. The van der Waals surface area contributed by atoms with Crippen LogP contribution < -0.4 is 0 Å². The van der Waals surface area contributed by atoms with E-state index in [1.54, 1.807) is 12.1 Å². The molecule has 1 nitrogen and oxygen atoms in total. The Morgan fingerprint density at radius 2 is 2.00 bits per heavy atom. The highest BCUT2D eigenvalue weighted by Gasteiger charge is 2.23. The zero-order chi connectivity index (χ0) is 12.3. The molecular weight excluding hydrogens is 203 g/mol. The highest BCUT2D eigenvalue weighted by molar-refractivity contribution is 5.96. The van der Waals surface area contributed by atoms with Crippen LogP contribution in [0, 0.1) is 17.2 Å². The van der Waals surface area contributed by atoms with Crippen molar-refractivity contribution in [2.45, 2.75) is 34.1 Å². The predicted molar refractivity (Wildman–Crippen MR) is 64.0 cm³/mol. The molecule has 1 rings (SSSR count). The minimum atomic E-state index is -0.353. The fourth-order valence-corrected chi connectivity index (χ4v) is 1.36. The minimum Gasteiger partial charge on any atom is -0.294 e. The van der Waals surface area contributed by atoms with E-state index in [1.807, 2.05) is 0 Å². The number of rotatable bonds is 3. The number of carbonyl (C=O) groups is 1. The van der Waals surface area contributed by atoms with Crippen molar-refractivity contribution in [3.05, 3.63) is 35.6 Å². The fraction of sp³-hybridized carbons (Fsp3) is 0.500. The van der Waals surface area contributed by atoms with E-state index in [2.05, 4.69) is 27.7 Å². The Bertz CT molecular complexity index is 377. The first kappa shape index (κ1) is 12.9. The molecule has 0 bridgehead atoms. The summed E-state index contributed by atoms with van der Waals surface area (Å²) in [6.07, 6.45) is 0.465. The first-order valence-corrected chi connectivity index (χ1v) is 5.59. The Kier molecular flexibility index (Phi) is 3.84. The quantitative estimate of drug-likeness (QED) is 0.704. The highest BCUT2D eigenvalue weighted by Crippen LogP contribution is 2.29. The molecule has 2 heteroatoms. The molecule has 16 heavy (non-hydrogen) atoms. The van der Waals surface area contributed by atoms with Crippen molar-refractivity contribution in [3.63, 3.8) is 0 Å². The fourth-order valence-electron chi connectivity index (χ4n) is 1.36. The SMILES string of the molecule is CC(CC(=O)c1cccc(F)c1)C(C)(C)C. The molecule has 1 unspecified atom stereocenters. The van der Waals surface area contributed by atoms with E-state index in [0.29, 0.717) is 12.0 Å². The third-order valence-electron chi connectivity index (χ3n) is 3.12. The van der Waals surface area contributed by atoms with Crippen LogP contribution in [0.5, 0.6) is 0 Å². The molecule has 1 aromatic rings. The molecule has 1 aromatic carbocycles. The second-order valence-electron chi connectivity index (χ2n) is 5.40. The molecule has 0 spiro atoms. The van der Waals surface area contributed by atoms with Gasteiger partial charge >= 0.3 is 0 Å². The van der Waals surface area contributed by atoms with Crippen LogP contribution in [-0.2, 0) is 0 Å². The minimum absolute atomic E-state index is 0.0157. The Hall–Kier alpha value is -1.18. The Balaban J connectivity index is 2.74. The number of benzene rings is 1. The summed E-state index contributed by atoms with van der Waals surface area (Å²) in [5.41, 5.74) is 0.569. The van der Waals surface area contributed by atoms with Gasteiger partial charge in [-0.2, -0.15) is 0 Å². The number of hydrogen-bond acceptors (Lipinski definition) is 1. The van der Waals surface area contributed by atoms with Crippen molar-refractivity contribution in [2.75, 3.05) is 0 Å². The molecule has 0 heterocycles. The molecule has 0 aliphatic heterocycles. The van der Waals surface area contributed by atoms with Crippen molar-refractivity contribution in [2.24, 2.45) is 11.3 Å². The van der Waals surface area contributed by atoms with Gasteiger partial charge in [-0.25, -0.2) is 4.39 Å². The molecule has 0 fully saturated rings. The maximum atomic E-state index is 12.9. The van der Waals surface area contributed by atoms with E-state index >= 15 is 0 Å². The first-order chi connectivity index (χ1) is 7.30. The van der Waals surface area contributed by atoms with E-state index in [9.17, 15) is 9.18 Å². The van der Waals surface area contributed by atoms with E-state index < -0.39 is 0 Å². The summed E-state index contributed by atoms with van der Waals surface area (Å²) in [4.78, 5) is 11.9. The molecule has 0 amide bonds. The molecule has 0 saturated heterocycles. The number of carbonyl (C=O) groups excluding carboxylic acids is 1. The van der Waals surface area contributed by atoms with Crippen LogP contribution in [-0.4, -0.2) is 5.78 Å². The van der Waals surface area contributed by atoms with Crippen molar-refractivity contribution in [1.82, 2.24) is 0 Å². The lowest BCUT2D eigenvalue weighted by Crippen LogP contribution is -2.20. The zero-order valence-corrected chi connectivity index (χ0v) is 10.4. The smallest absolute Gasteiger partial charge is 0.163 e. The summed E-state index contributed by atoms with van der Waals surface area (Å²) < 4.78 is 12.9. The van der Waals surface area contributed by atoms with E-state index in [0.717, 1.165) is 0 Å². The highest BCUT2D eigenvalue weighted by atomic mass is 19.1. The van der Waals surface area contributed by atoms with Gasteiger partial charge in [0.25, 0.3) is 0 Å². The average Bonchev–Trinajstić information content (AvgIpc) is 2.16. The largest absolute Gasteiger partial charge is 0.294 e. The summed E-state index contributed by atoms with van der Waals surface area (Å²) in [5.74, 6) is -0.0561. The molecule has 0 aromatic heterocycles. The van der Waals surface area contributed by atoms with Gasteiger partial charge in [-0.3, -0.25) is 4.79 Å². The van der Waals surface area contributed by atoms with Gasteiger partial charge in [-0.05, 0) is 23.5 Å². The van der Waals surface area contributed by atoms with Crippen molar-refractivity contribution in [3.8, 4) is 0 Å². The maximum absolute atomic E-state index is 12.9. The Morgan fingerprint density at radius 3 is 2.50 bits per heavy atom. The predicted octanol–water partition coefficient (Wildman–Crippen LogP) is 4.08. The lowest BCUT2D eigenvalue weighted by molar-refractivity contribution is 0.0927. The first-order valence-electron chi connectivity index (χ1n) is 5.59. The second-order valence-corrected chi connectivity index (χ2v) is 5.40. The van der Waals surface area contributed by atoms with E-state index in [4.69, 9.17) is 0 Å². The van der Waals surface area contributed by atoms with Gasteiger partial charge in [-0.15, -0.1) is 0 Å². The normalized spacial score (nSPS) is 13.6. The average molecular weight is 222 g/mol.